The SMILES string of the molecule is O=c1oc(CCl)nn1-c1cccc(C(F)(F)F)c1. The highest BCUT2D eigenvalue weighted by Crippen LogP contribution is 2.29. The van der Waals surface area contributed by atoms with Gasteiger partial charge in [0.15, 0.2) is 0 Å². The molecule has 0 bridgehead atoms. The van der Waals surface area contributed by atoms with E-state index >= 15 is 0 Å². The number of rotatable bonds is 2. The Kier molecular flexibility index (Phi) is 3.16. The maximum absolute atomic E-state index is 12.5. The van der Waals surface area contributed by atoms with Gasteiger partial charge in [-0.2, -0.15) is 17.9 Å². The molecule has 0 unspecified atom stereocenters. The zero-order valence-electron chi connectivity index (χ0n) is 8.74. The van der Waals surface area contributed by atoms with Crippen molar-refractivity contribution in [2.24, 2.45) is 0 Å². The molecule has 2 aromatic rings. The lowest BCUT2D eigenvalue weighted by Gasteiger charge is -2.07. The van der Waals surface area contributed by atoms with Crippen LogP contribution in [0.3, 0.4) is 0 Å². The Labute approximate surface area is 104 Å². The van der Waals surface area contributed by atoms with Crippen LogP contribution in [-0.2, 0) is 12.1 Å². The topological polar surface area (TPSA) is 48.0 Å². The first-order valence-corrected chi connectivity index (χ1v) is 5.28. The summed E-state index contributed by atoms with van der Waals surface area (Å²) in [5.41, 5.74) is -0.905. The molecular weight excluding hydrogens is 273 g/mol. The summed E-state index contributed by atoms with van der Waals surface area (Å²) in [6.45, 7) is 0. The van der Waals surface area contributed by atoms with E-state index < -0.39 is 17.5 Å². The molecule has 0 aliphatic heterocycles. The number of alkyl halides is 4. The van der Waals surface area contributed by atoms with E-state index in [-0.39, 0.29) is 17.5 Å². The normalized spacial score (nSPS) is 11.8. The fourth-order valence-corrected chi connectivity index (χ4v) is 1.46. The third kappa shape index (κ3) is 2.40. The molecule has 1 aromatic heterocycles. The van der Waals surface area contributed by atoms with Gasteiger partial charge in [0.1, 0.15) is 5.88 Å². The van der Waals surface area contributed by atoms with Crippen molar-refractivity contribution in [1.29, 1.82) is 0 Å². The zero-order valence-corrected chi connectivity index (χ0v) is 9.50. The van der Waals surface area contributed by atoms with Gasteiger partial charge in [0.05, 0.1) is 11.3 Å². The molecule has 0 saturated carbocycles. The van der Waals surface area contributed by atoms with Crippen LogP contribution in [0.5, 0.6) is 0 Å². The first-order chi connectivity index (χ1) is 8.41. The summed E-state index contributed by atoms with van der Waals surface area (Å²) >= 11 is 5.42. The minimum Gasteiger partial charge on any atom is -0.391 e. The van der Waals surface area contributed by atoms with Gasteiger partial charge in [0.2, 0.25) is 5.89 Å². The maximum atomic E-state index is 12.5. The second-order valence-electron chi connectivity index (χ2n) is 3.36. The molecule has 4 nitrogen and oxygen atoms in total. The van der Waals surface area contributed by atoms with Gasteiger partial charge in [-0.1, -0.05) is 6.07 Å². The van der Waals surface area contributed by atoms with Crippen molar-refractivity contribution in [3.63, 3.8) is 0 Å². The molecule has 0 radical (unpaired) electrons. The Hall–Kier alpha value is -1.76. The minimum atomic E-state index is -4.49. The van der Waals surface area contributed by atoms with Crippen LogP contribution in [0.15, 0.2) is 33.5 Å². The second kappa shape index (κ2) is 4.49. The minimum absolute atomic E-state index is 0.0325. The van der Waals surface area contributed by atoms with Gasteiger partial charge in [-0.15, -0.1) is 16.7 Å². The van der Waals surface area contributed by atoms with Crippen LogP contribution >= 0.6 is 11.6 Å². The van der Waals surface area contributed by atoms with Crippen molar-refractivity contribution < 1.29 is 17.6 Å². The third-order valence-corrected chi connectivity index (χ3v) is 2.35. The Morgan fingerprint density at radius 2 is 2.11 bits per heavy atom. The fraction of sp³-hybridized carbons (Fsp3) is 0.200. The molecule has 1 heterocycles. The summed E-state index contributed by atoms with van der Waals surface area (Å²) in [6, 6.07) is 4.20. The Bertz CT molecular complexity index is 618. The molecule has 0 atom stereocenters. The van der Waals surface area contributed by atoms with E-state index in [1.165, 1.54) is 12.1 Å². The smallest absolute Gasteiger partial charge is 0.391 e. The summed E-state index contributed by atoms with van der Waals surface area (Å²) < 4.78 is 42.9. The molecule has 0 aliphatic rings. The first-order valence-electron chi connectivity index (χ1n) is 4.74. The van der Waals surface area contributed by atoms with Crippen LogP contribution in [0.1, 0.15) is 11.5 Å². The van der Waals surface area contributed by atoms with Gasteiger partial charge in [-0.05, 0) is 18.2 Å². The summed E-state index contributed by atoms with van der Waals surface area (Å²) in [6.07, 6.45) is -4.49. The molecule has 0 N–H and O–H groups in total. The summed E-state index contributed by atoms with van der Waals surface area (Å²) in [5.74, 6) is -1.08. The summed E-state index contributed by atoms with van der Waals surface area (Å²) in [5, 5.41) is 3.66. The van der Waals surface area contributed by atoms with Crippen molar-refractivity contribution in [3.05, 3.63) is 46.3 Å². The van der Waals surface area contributed by atoms with Crippen LogP contribution in [0.2, 0.25) is 0 Å². The number of hydrogen-bond donors (Lipinski definition) is 0. The molecule has 0 saturated heterocycles. The zero-order chi connectivity index (χ0) is 13.3. The van der Waals surface area contributed by atoms with Crippen LogP contribution < -0.4 is 5.76 Å². The molecule has 1 aromatic carbocycles. The van der Waals surface area contributed by atoms with E-state index in [1.54, 1.807) is 0 Å². The molecule has 18 heavy (non-hydrogen) atoms. The van der Waals surface area contributed by atoms with E-state index in [4.69, 9.17) is 11.6 Å². The quantitative estimate of drug-likeness (QED) is 0.793. The lowest BCUT2D eigenvalue weighted by atomic mass is 10.2. The van der Waals surface area contributed by atoms with E-state index in [1.807, 2.05) is 0 Å². The second-order valence-corrected chi connectivity index (χ2v) is 3.62. The van der Waals surface area contributed by atoms with Crippen LogP contribution in [0.4, 0.5) is 13.2 Å². The highest BCUT2D eigenvalue weighted by Gasteiger charge is 2.30. The van der Waals surface area contributed by atoms with Crippen LogP contribution in [-0.4, -0.2) is 9.78 Å². The van der Waals surface area contributed by atoms with E-state index in [9.17, 15) is 18.0 Å². The molecule has 0 fully saturated rings. The summed E-state index contributed by atoms with van der Waals surface area (Å²) in [4.78, 5) is 11.4. The van der Waals surface area contributed by atoms with E-state index in [0.29, 0.717) is 0 Å². The van der Waals surface area contributed by atoms with E-state index in [0.717, 1.165) is 16.8 Å². The van der Waals surface area contributed by atoms with Crippen LogP contribution in [0.25, 0.3) is 5.69 Å². The number of halogens is 4. The average Bonchev–Trinajstić information content (AvgIpc) is 2.70. The fourth-order valence-electron chi connectivity index (χ4n) is 1.35. The molecule has 0 amide bonds. The van der Waals surface area contributed by atoms with Crippen molar-refractivity contribution in [2.45, 2.75) is 12.1 Å². The highest BCUT2D eigenvalue weighted by atomic mass is 35.5. The van der Waals surface area contributed by atoms with Gasteiger partial charge in [-0.25, -0.2) is 4.79 Å². The Morgan fingerprint density at radius 3 is 2.67 bits per heavy atom. The Balaban J connectivity index is 2.51. The predicted molar refractivity (Wildman–Crippen MR) is 56.7 cm³/mol. The van der Waals surface area contributed by atoms with Gasteiger partial charge in [-0.3, -0.25) is 0 Å². The molecule has 2 rings (SSSR count). The van der Waals surface area contributed by atoms with E-state index in [2.05, 4.69) is 9.52 Å². The molecule has 96 valence electrons. The number of aromatic nitrogens is 2. The van der Waals surface area contributed by atoms with Gasteiger partial charge < -0.3 is 4.42 Å². The van der Waals surface area contributed by atoms with Crippen molar-refractivity contribution in [3.8, 4) is 5.69 Å². The van der Waals surface area contributed by atoms with Gasteiger partial charge in [0.25, 0.3) is 0 Å². The summed E-state index contributed by atoms with van der Waals surface area (Å²) in [7, 11) is 0. The Morgan fingerprint density at radius 1 is 1.39 bits per heavy atom. The number of nitrogens with zero attached hydrogens (tertiary/aromatic N) is 2. The standard InChI is InChI=1S/C10H6ClF3N2O2/c11-5-8-15-16(9(17)18-8)7-3-1-2-6(4-7)10(12,13)14/h1-4H,5H2. The lowest BCUT2D eigenvalue weighted by Crippen LogP contribution is -2.14. The lowest BCUT2D eigenvalue weighted by molar-refractivity contribution is -0.137. The van der Waals surface area contributed by atoms with Gasteiger partial charge >= 0.3 is 11.9 Å². The molecule has 0 spiro atoms. The highest BCUT2D eigenvalue weighted by molar-refractivity contribution is 6.16. The van der Waals surface area contributed by atoms with Crippen LogP contribution in [0, 0.1) is 0 Å². The molecular formula is C10H6ClF3N2O2. The average molecular weight is 279 g/mol. The van der Waals surface area contributed by atoms with Crippen molar-refractivity contribution in [1.82, 2.24) is 9.78 Å². The predicted octanol–water partition coefficient (Wildman–Crippen LogP) is 2.58. The third-order valence-electron chi connectivity index (χ3n) is 2.12. The first kappa shape index (κ1) is 12.7. The monoisotopic (exact) mass is 278 g/mol. The number of hydrogen-bond acceptors (Lipinski definition) is 3. The molecule has 0 aliphatic carbocycles. The van der Waals surface area contributed by atoms with Crippen molar-refractivity contribution >= 4 is 11.6 Å². The largest absolute Gasteiger partial charge is 0.441 e. The molecule has 8 heteroatoms. The van der Waals surface area contributed by atoms with Crippen molar-refractivity contribution in [2.75, 3.05) is 0 Å². The number of benzene rings is 1. The van der Waals surface area contributed by atoms with Gasteiger partial charge in [0, 0.05) is 0 Å². The maximum Gasteiger partial charge on any atom is 0.441 e.